The second kappa shape index (κ2) is 7.23. The van der Waals surface area contributed by atoms with Gasteiger partial charge in [-0.1, -0.05) is 30.3 Å². The van der Waals surface area contributed by atoms with Crippen molar-refractivity contribution in [1.82, 2.24) is 5.32 Å². The number of nitrogens with one attached hydrogen (secondary N) is 1. The molecule has 0 spiro atoms. The molecule has 1 aromatic carbocycles. The van der Waals surface area contributed by atoms with E-state index < -0.39 is 18.3 Å². The van der Waals surface area contributed by atoms with E-state index in [0.29, 0.717) is 6.42 Å². The minimum Gasteiger partial charge on any atom is -0.445 e. The lowest BCUT2D eigenvalue weighted by Crippen LogP contribution is -2.50. The zero-order chi connectivity index (χ0) is 14.4. The van der Waals surface area contributed by atoms with Crippen molar-refractivity contribution in [3.05, 3.63) is 35.9 Å². The quantitative estimate of drug-likeness (QED) is 0.744. The SMILES string of the molecule is O=C(N[C@H]1CO[C@H](CO)[C@@H](O)C1)OCc1ccccc1. The molecule has 110 valence electrons. The first-order valence-corrected chi connectivity index (χ1v) is 6.56. The van der Waals surface area contributed by atoms with Gasteiger partial charge in [-0.2, -0.15) is 0 Å². The number of carbonyl (C=O) groups excluding carboxylic acids is 1. The third-order valence-corrected chi connectivity index (χ3v) is 3.18. The molecule has 20 heavy (non-hydrogen) atoms. The number of ether oxygens (including phenoxy) is 2. The predicted octanol–water partition coefficient (Wildman–Crippen LogP) is 0.423. The zero-order valence-corrected chi connectivity index (χ0v) is 11.1. The van der Waals surface area contributed by atoms with Gasteiger partial charge in [0, 0.05) is 0 Å². The summed E-state index contributed by atoms with van der Waals surface area (Å²) in [7, 11) is 0. The Morgan fingerprint density at radius 1 is 1.40 bits per heavy atom. The van der Waals surface area contributed by atoms with Crippen molar-refractivity contribution in [2.75, 3.05) is 13.2 Å². The summed E-state index contributed by atoms with van der Waals surface area (Å²) < 4.78 is 10.3. The molecule has 0 aromatic heterocycles. The summed E-state index contributed by atoms with van der Waals surface area (Å²) in [6, 6.07) is 9.06. The van der Waals surface area contributed by atoms with Crippen molar-refractivity contribution in [3.8, 4) is 0 Å². The van der Waals surface area contributed by atoms with Gasteiger partial charge >= 0.3 is 6.09 Å². The summed E-state index contributed by atoms with van der Waals surface area (Å²) in [6.07, 6.45) is -1.57. The highest BCUT2D eigenvalue weighted by Crippen LogP contribution is 2.14. The van der Waals surface area contributed by atoms with Crippen LogP contribution in [0.1, 0.15) is 12.0 Å². The normalized spacial score (nSPS) is 26.0. The number of alkyl carbamates (subject to hydrolysis) is 1. The lowest BCUT2D eigenvalue weighted by molar-refractivity contribution is -0.105. The van der Waals surface area contributed by atoms with Gasteiger partial charge in [-0.25, -0.2) is 4.79 Å². The number of hydrogen-bond donors (Lipinski definition) is 3. The third kappa shape index (κ3) is 4.19. The summed E-state index contributed by atoms with van der Waals surface area (Å²) in [4.78, 5) is 11.6. The molecular formula is C14H19NO5. The summed E-state index contributed by atoms with van der Waals surface area (Å²) in [5.41, 5.74) is 0.905. The maximum atomic E-state index is 11.6. The van der Waals surface area contributed by atoms with Crippen molar-refractivity contribution in [1.29, 1.82) is 0 Å². The predicted molar refractivity (Wildman–Crippen MR) is 71.0 cm³/mol. The van der Waals surface area contributed by atoms with Gasteiger partial charge in [-0.15, -0.1) is 0 Å². The monoisotopic (exact) mass is 281 g/mol. The number of benzene rings is 1. The van der Waals surface area contributed by atoms with E-state index in [1.165, 1.54) is 0 Å². The molecule has 1 amide bonds. The van der Waals surface area contributed by atoms with Gasteiger partial charge < -0.3 is 25.0 Å². The molecule has 3 atom stereocenters. The van der Waals surface area contributed by atoms with Crippen molar-refractivity contribution in [2.45, 2.75) is 31.3 Å². The molecule has 0 unspecified atom stereocenters. The van der Waals surface area contributed by atoms with Crippen molar-refractivity contribution in [2.24, 2.45) is 0 Å². The van der Waals surface area contributed by atoms with Crippen molar-refractivity contribution >= 4 is 6.09 Å². The van der Waals surface area contributed by atoms with Gasteiger partial charge in [0.1, 0.15) is 12.7 Å². The van der Waals surface area contributed by atoms with E-state index in [1.807, 2.05) is 30.3 Å². The lowest BCUT2D eigenvalue weighted by Gasteiger charge is -2.32. The molecule has 0 bridgehead atoms. The highest BCUT2D eigenvalue weighted by atomic mass is 16.6. The number of rotatable bonds is 4. The molecule has 1 aliphatic rings. The zero-order valence-electron chi connectivity index (χ0n) is 11.1. The fourth-order valence-electron chi connectivity index (χ4n) is 2.07. The molecule has 6 nitrogen and oxygen atoms in total. The van der Waals surface area contributed by atoms with Crippen LogP contribution in [0.2, 0.25) is 0 Å². The summed E-state index contributed by atoms with van der Waals surface area (Å²) in [5.74, 6) is 0. The van der Waals surface area contributed by atoms with Gasteiger partial charge in [0.25, 0.3) is 0 Å². The summed E-state index contributed by atoms with van der Waals surface area (Å²) in [6.45, 7) is 0.219. The van der Waals surface area contributed by atoms with Crippen molar-refractivity contribution < 1.29 is 24.5 Å². The highest BCUT2D eigenvalue weighted by Gasteiger charge is 2.30. The fourth-order valence-corrected chi connectivity index (χ4v) is 2.07. The molecule has 1 fully saturated rings. The number of amides is 1. The molecule has 1 aliphatic heterocycles. The molecule has 6 heteroatoms. The molecule has 3 N–H and O–H groups in total. The van der Waals surface area contributed by atoms with Crippen LogP contribution in [0.25, 0.3) is 0 Å². The van der Waals surface area contributed by atoms with E-state index in [1.54, 1.807) is 0 Å². The average Bonchev–Trinajstić information content (AvgIpc) is 2.46. The number of carbonyl (C=O) groups is 1. The maximum absolute atomic E-state index is 11.6. The molecule has 1 aromatic rings. The largest absolute Gasteiger partial charge is 0.445 e. The fraction of sp³-hybridized carbons (Fsp3) is 0.500. The van der Waals surface area contributed by atoms with Crippen LogP contribution >= 0.6 is 0 Å². The molecule has 1 saturated heterocycles. The van der Waals surface area contributed by atoms with E-state index in [0.717, 1.165) is 5.56 Å². The minimum absolute atomic E-state index is 0.196. The Hall–Kier alpha value is -1.63. The van der Waals surface area contributed by atoms with Gasteiger partial charge in [-0.3, -0.25) is 0 Å². The van der Waals surface area contributed by atoms with E-state index in [2.05, 4.69) is 5.32 Å². The Morgan fingerprint density at radius 2 is 2.15 bits per heavy atom. The average molecular weight is 281 g/mol. The number of aliphatic hydroxyl groups excluding tert-OH is 2. The number of aliphatic hydroxyl groups is 2. The third-order valence-electron chi connectivity index (χ3n) is 3.18. The first-order chi connectivity index (χ1) is 9.69. The van der Waals surface area contributed by atoms with Crippen LogP contribution in [0.3, 0.4) is 0 Å². The topological polar surface area (TPSA) is 88.0 Å². The standard InChI is InChI=1S/C14H19NO5/c16-7-13-12(17)6-11(9-19-13)15-14(18)20-8-10-4-2-1-3-5-10/h1-5,11-13,16-17H,6-9H2,(H,15,18)/t11-,12+,13-/m1/s1. The second-order valence-corrected chi connectivity index (χ2v) is 4.76. The Kier molecular flexibility index (Phi) is 5.34. The molecule has 2 rings (SSSR count). The van der Waals surface area contributed by atoms with Crippen LogP contribution in [0.5, 0.6) is 0 Å². The van der Waals surface area contributed by atoms with Gasteiger partial charge in [0.2, 0.25) is 0 Å². The molecule has 0 saturated carbocycles. The first kappa shape index (κ1) is 14.8. The second-order valence-electron chi connectivity index (χ2n) is 4.76. The Morgan fingerprint density at radius 3 is 2.80 bits per heavy atom. The molecular weight excluding hydrogens is 262 g/mol. The molecule has 0 aliphatic carbocycles. The van der Waals surface area contributed by atoms with Crippen molar-refractivity contribution in [3.63, 3.8) is 0 Å². The van der Waals surface area contributed by atoms with Crippen LogP contribution in [-0.4, -0.2) is 47.8 Å². The highest BCUT2D eigenvalue weighted by molar-refractivity contribution is 5.67. The van der Waals surface area contributed by atoms with E-state index in [4.69, 9.17) is 14.6 Å². The molecule has 1 heterocycles. The van der Waals surface area contributed by atoms with Crippen LogP contribution < -0.4 is 5.32 Å². The van der Waals surface area contributed by atoms with Crippen LogP contribution in [0.15, 0.2) is 30.3 Å². The smallest absolute Gasteiger partial charge is 0.407 e. The Balaban J connectivity index is 1.72. The van der Waals surface area contributed by atoms with Crippen LogP contribution in [-0.2, 0) is 16.1 Å². The Bertz CT molecular complexity index is 425. The lowest BCUT2D eigenvalue weighted by atomic mass is 10.0. The van der Waals surface area contributed by atoms with Crippen LogP contribution in [0.4, 0.5) is 4.79 Å². The minimum atomic E-state index is -0.784. The molecule has 0 radical (unpaired) electrons. The maximum Gasteiger partial charge on any atom is 0.407 e. The van der Waals surface area contributed by atoms with E-state index in [-0.39, 0.29) is 25.9 Å². The van der Waals surface area contributed by atoms with E-state index in [9.17, 15) is 9.90 Å². The van der Waals surface area contributed by atoms with E-state index >= 15 is 0 Å². The number of hydrogen-bond acceptors (Lipinski definition) is 5. The summed E-state index contributed by atoms with van der Waals surface area (Å²) >= 11 is 0. The Labute approximate surface area is 117 Å². The van der Waals surface area contributed by atoms with Gasteiger partial charge in [0.15, 0.2) is 0 Å². The van der Waals surface area contributed by atoms with Gasteiger partial charge in [-0.05, 0) is 12.0 Å². The van der Waals surface area contributed by atoms with Crippen LogP contribution in [0, 0.1) is 0 Å². The first-order valence-electron chi connectivity index (χ1n) is 6.56. The summed E-state index contributed by atoms with van der Waals surface area (Å²) in [5, 5.41) is 21.3. The van der Waals surface area contributed by atoms with Gasteiger partial charge in [0.05, 0.1) is 25.4 Å².